The number of hydrogen-bond donors (Lipinski definition) is 1. The van der Waals surface area contributed by atoms with E-state index in [4.69, 9.17) is 4.42 Å². The van der Waals surface area contributed by atoms with Gasteiger partial charge < -0.3 is 14.5 Å². The monoisotopic (exact) mass is 347 g/mol. The molecule has 3 rings (SSSR count). The molecule has 1 saturated carbocycles. The maximum absolute atomic E-state index is 12.1. The van der Waals surface area contributed by atoms with E-state index in [1.54, 1.807) is 18.2 Å². The predicted octanol–water partition coefficient (Wildman–Crippen LogP) is 4.33. The number of furan rings is 1. The van der Waals surface area contributed by atoms with Crippen molar-refractivity contribution in [3.8, 4) is 5.75 Å². The third-order valence-electron chi connectivity index (χ3n) is 4.14. The summed E-state index contributed by atoms with van der Waals surface area (Å²) < 4.78 is 34.1. The molecule has 1 heterocycles. The van der Waals surface area contributed by atoms with Gasteiger partial charge >= 0.3 is 6.61 Å². The maximum atomic E-state index is 12.1. The van der Waals surface area contributed by atoms with Crippen LogP contribution in [0, 0.1) is 5.92 Å². The number of carbonyl (C=O) groups excluding carboxylic acids is 1. The molecular formula is C19H19F2NO3. The largest absolute Gasteiger partial charge is 0.461 e. The van der Waals surface area contributed by atoms with Crippen molar-refractivity contribution >= 4 is 12.0 Å². The van der Waals surface area contributed by atoms with Crippen LogP contribution in [-0.2, 0) is 11.3 Å². The van der Waals surface area contributed by atoms with Gasteiger partial charge in [0.2, 0.25) is 5.91 Å². The highest BCUT2D eigenvalue weighted by atomic mass is 19.3. The molecule has 0 radical (unpaired) electrons. The Bertz CT molecular complexity index is 752. The first kappa shape index (κ1) is 17.2. The van der Waals surface area contributed by atoms with Gasteiger partial charge in [-0.25, -0.2) is 0 Å². The molecule has 2 unspecified atom stereocenters. The average molecular weight is 347 g/mol. The summed E-state index contributed by atoms with van der Waals surface area (Å²) in [5.41, 5.74) is 0.784. The molecule has 0 bridgehead atoms. The molecule has 1 amide bonds. The number of halogens is 2. The van der Waals surface area contributed by atoms with Crippen molar-refractivity contribution in [3.05, 3.63) is 59.6 Å². The summed E-state index contributed by atoms with van der Waals surface area (Å²) in [6, 6.07) is 9.93. The van der Waals surface area contributed by atoms with Gasteiger partial charge in [0.1, 0.15) is 17.3 Å². The van der Waals surface area contributed by atoms with Gasteiger partial charge in [-0.3, -0.25) is 4.79 Å². The fourth-order valence-corrected chi connectivity index (χ4v) is 2.57. The summed E-state index contributed by atoms with van der Waals surface area (Å²) in [6.45, 7) is -0.371. The van der Waals surface area contributed by atoms with Crippen molar-refractivity contribution in [3.63, 3.8) is 0 Å². The second-order valence-electron chi connectivity index (χ2n) is 6.13. The third kappa shape index (κ3) is 4.92. The van der Waals surface area contributed by atoms with E-state index in [1.807, 2.05) is 12.1 Å². The highest BCUT2D eigenvalue weighted by Crippen LogP contribution is 2.47. The summed E-state index contributed by atoms with van der Waals surface area (Å²) in [4.78, 5) is 11.8. The molecule has 2 atom stereocenters. The van der Waals surface area contributed by atoms with Gasteiger partial charge in [-0.05, 0) is 48.2 Å². The number of rotatable bonds is 7. The Morgan fingerprint density at radius 1 is 1.32 bits per heavy atom. The lowest BCUT2D eigenvalue weighted by atomic mass is 10.2. The summed E-state index contributed by atoms with van der Waals surface area (Å²) in [5, 5.41) is 2.72. The summed E-state index contributed by atoms with van der Waals surface area (Å²) >= 11 is 0. The molecule has 6 heteroatoms. The van der Waals surface area contributed by atoms with E-state index >= 15 is 0 Å². The second-order valence-corrected chi connectivity index (χ2v) is 6.13. The van der Waals surface area contributed by atoms with Crippen LogP contribution < -0.4 is 10.1 Å². The summed E-state index contributed by atoms with van der Waals surface area (Å²) in [6.07, 6.45) is 4.19. The number of alkyl halides is 2. The first-order valence-corrected chi connectivity index (χ1v) is 8.10. The molecule has 4 nitrogen and oxygen atoms in total. The fraction of sp³-hybridized carbons (Fsp3) is 0.316. The lowest BCUT2D eigenvalue weighted by molar-refractivity contribution is -0.116. The van der Waals surface area contributed by atoms with Crippen LogP contribution in [0.2, 0.25) is 0 Å². The SMILES string of the molecule is CC1CC1c1ccc(/C=C/C(=O)NCc2ccc(OC(F)F)cc2)o1. The molecule has 25 heavy (non-hydrogen) atoms. The Morgan fingerprint density at radius 2 is 2.04 bits per heavy atom. The van der Waals surface area contributed by atoms with Crippen LogP contribution in [0.5, 0.6) is 5.75 Å². The molecule has 1 aliphatic carbocycles. The van der Waals surface area contributed by atoms with E-state index in [9.17, 15) is 13.6 Å². The zero-order valence-corrected chi connectivity index (χ0v) is 13.7. The number of ether oxygens (including phenoxy) is 1. The van der Waals surface area contributed by atoms with Gasteiger partial charge in [-0.1, -0.05) is 19.1 Å². The van der Waals surface area contributed by atoms with Gasteiger partial charge in [0.15, 0.2) is 0 Å². The van der Waals surface area contributed by atoms with E-state index in [0.717, 1.165) is 17.7 Å². The van der Waals surface area contributed by atoms with Crippen molar-refractivity contribution in [1.82, 2.24) is 5.32 Å². The van der Waals surface area contributed by atoms with Crippen molar-refractivity contribution in [2.45, 2.75) is 32.4 Å². The Kier molecular flexibility index (Phi) is 5.16. The second kappa shape index (κ2) is 7.51. The van der Waals surface area contributed by atoms with Crippen LogP contribution in [0.4, 0.5) is 8.78 Å². The van der Waals surface area contributed by atoms with Crippen molar-refractivity contribution < 1.29 is 22.7 Å². The lowest BCUT2D eigenvalue weighted by Gasteiger charge is -2.06. The molecule has 132 valence electrons. The number of benzene rings is 1. The Morgan fingerprint density at radius 3 is 2.68 bits per heavy atom. The van der Waals surface area contributed by atoms with Crippen LogP contribution in [0.25, 0.3) is 6.08 Å². The number of nitrogens with one attached hydrogen (secondary N) is 1. The van der Waals surface area contributed by atoms with Crippen LogP contribution >= 0.6 is 0 Å². The Balaban J connectivity index is 1.46. The first-order valence-electron chi connectivity index (χ1n) is 8.10. The van der Waals surface area contributed by atoms with Crippen LogP contribution in [0.3, 0.4) is 0 Å². The Hall–Kier alpha value is -2.63. The summed E-state index contributed by atoms with van der Waals surface area (Å²) in [5.74, 6) is 2.63. The van der Waals surface area contributed by atoms with E-state index in [2.05, 4.69) is 17.0 Å². The fourth-order valence-electron chi connectivity index (χ4n) is 2.57. The molecule has 0 spiro atoms. The van der Waals surface area contributed by atoms with Gasteiger partial charge in [-0.2, -0.15) is 8.78 Å². The van der Waals surface area contributed by atoms with Crippen molar-refractivity contribution in [2.24, 2.45) is 5.92 Å². The standard InChI is InChI=1S/C19H19F2NO3/c1-12-10-16(12)17-8-6-14(24-17)7-9-18(23)22-11-13-2-4-15(5-3-13)25-19(20)21/h2-9,12,16,19H,10-11H2,1H3,(H,22,23)/b9-7+. The zero-order valence-electron chi connectivity index (χ0n) is 13.7. The van der Waals surface area contributed by atoms with Crippen LogP contribution in [-0.4, -0.2) is 12.5 Å². The smallest absolute Gasteiger partial charge is 0.387 e. The van der Waals surface area contributed by atoms with Crippen molar-refractivity contribution in [2.75, 3.05) is 0 Å². The maximum Gasteiger partial charge on any atom is 0.387 e. The molecule has 0 saturated heterocycles. The normalized spacial score (nSPS) is 19.4. The van der Waals surface area contributed by atoms with E-state index in [1.165, 1.54) is 18.2 Å². The highest BCUT2D eigenvalue weighted by molar-refractivity contribution is 5.91. The van der Waals surface area contributed by atoms with Gasteiger partial charge in [0.25, 0.3) is 0 Å². The Labute approximate surface area is 144 Å². The molecule has 1 aromatic carbocycles. The molecule has 2 aromatic rings. The van der Waals surface area contributed by atoms with Crippen LogP contribution in [0.1, 0.15) is 36.3 Å². The highest BCUT2D eigenvalue weighted by Gasteiger charge is 2.36. The minimum absolute atomic E-state index is 0.0866. The summed E-state index contributed by atoms with van der Waals surface area (Å²) in [7, 11) is 0. The minimum atomic E-state index is -2.85. The molecule has 1 aliphatic rings. The molecule has 1 aromatic heterocycles. The van der Waals surface area contributed by atoms with Gasteiger partial charge in [0.05, 0.1) is 0 Å². The predicted molar refractivity (Wildman–Crippen MR) is 89.2 cm³/mol. The van der Waals surface area contributed by atoms with E-state index in [0.29, 0.717) is 24.1 Å². The van der Waals surface area contributed by atoms with Gasteiger partial charge in [0, 0.05) is 18.5 Å². The lowest BCUT2D eigenvalue weighted by Crippen LogP contribution is -2.20. The molecular weight excluding hydrogens is 328 g/mol. The number of hydrogen-bond acceptors (Lipinski definition) is 3. The zero-order chi connectivity index (χ0) is 17.8. The van der Waals surface area contributed by atoms with Crippen molar-refractivity contribution in [1.29, 1.82) is 0 Å². The minimum Gasteiger partial charge on any atom is -0.461 e. The topological polar surface area (TPSA) is 51.5 Å². The van der Waals surface area contributed by atoms with Crippen LogP contribution in [0.15, 0.2) is 46.9 Å². The van der Waals surface area contributed by atoms with E-state index in [-0.39, 0.29) is 11.7 Å². The first-order chi connectivity index (χ1) is 12.0. The number of carbonyl (C=O) groups is 1. The molecule has 1 N–H and O–H groups in total. The number of amides is 1. The third-order valence-corrected chi connectivity index (χ3v) is 4.14. The quantitative estimate of drug-likeness (QED) is 0.758. The molecule has 0 aliphatic heterocycles. The molecule has 1 fully saturated rings. The van der Waals surface area contributed by atoms with E-state index < -0.39 is 6.61 Å². The van der Waals surface area contributed by atoms with Gasteiger partial charge in [-0.15, -0.1) is 0 Å². The average Bonchev–Trinajstić information content (AvgIpc) is 3.12.